The molecule has 1 atom stereocenters. The number of fused-ring (bicyclic) bond motifs is 1. The molecule has 0 spiro atoms. The number of hydrogen-bond donors (Lipinski definition) is 1. The standard InChI is InChI=1S/C14H16N4S/c15-6-12-5-13(19-10-12)8-16-7-11-1-2-14-17-3-4-18(14)9-11/h3-5,10-11,16H,1-2,7-9H2. The van der Waals surface area contributed by atoms with E-state index in [1.165, 1.54) is 17.1 Å². The molecule has 1 aliphatic rings. The van der Waals surface area contributed by atoms with E-state index in [4.69, 9.17) is 5.26 Å². The number of nitrogens with one attached hydrogen (secondary N) is 1. The summed E-state index contributed by atoms with van der Waals surface area (Å²) in [5.41, 5.74) is 0.766. The van der Waals surface area contributed by atoms with Gasteiger partial charge in [-0.25, -0.2) is 4.98 Å². The molecule has 0 saturated carbocycles. The molecule has 0 fully saturated rings. The SMILES string of the molecule is N#Cc1csc(CNCC2CCc3nccn3C2)c1. The quantitative estimate of drug-likeness (QED) is 0.928. The van der Waals surface area contributed by atoms with E-state index in [2.05, 4.69) is 27.1 Å². The van der Waals surface area contributed by atoms with Crippen molar-refractivity contribution in [2.75, 3.05) is 6.54 Å². The minimum Gasteiger partial charge on any atom is -0.335 e. The normalized spacial score (nSPS) is 17.9. The summed E-state index contributed by atoms with van der Waals surface area (Å²) in [4.78, 5) is 5.58. The Balaban J connectivity index is 1.47. The fraction of sp³-hybridized carbons (Fsp3) is 0.429. The van der Waals surface area contributed by atoms with Gasteiger partial charge in [0.15, 0.2) is 0 Å². The van der Waals surface area contributed by atoms with Gasteiger partial charge in [0.1, 0.15) is 11.9 Å². The predicted molar refractivity (Wildman–Crippen MR) is 74.8 cm³/mol. The lowest BCUT2D eigenvalue weighted by Gasteiger charge is -2.23. The highest BCUT2D eigenvalue weighted by Gasteiger charge is 2.18. The van der Waals surface area contributed by atoms with Crippen molar-refractivity contribution in [1.29, 1.82) is 5.26 Å². The van der Waals surface area contributed by atoms with Crippen LogP contribution in [0.1, 0.15) is 22.7 Å². The third-order valence-corrected chi connectivity index (χ3v) is 4.48. The van der Waals surface area contributed by atoms with E-state index in [0.717, 1.165) is 31.6 Å². The number of imidazole rings is 1. The molecule has 5 heteroatoms. The molecule has 1 aliphatic heterocycles. The molecule has 0 aromatic carbocycles. The van der Waals surface area contributed by atoms with Gasteiger partial charge in [-0.2, -0.15) is 5.26 Å². The molecular formula is C14H16N4S. The van der Waals surface area contributed by atoms with E-state index >= 15 is 0 Å². The number of hydrogen-bond acceptors (Lipinski definition) is 4. The molecule has 0 bridgehead atoms. The van der Waals surface area contributed by atoms with E-state index in [1.807, 2.05) is 17.6 Å². The van der Waals surface area contributed by atoms with E-state index in [0.29, 0.717) is 5.92 Å². The zero-order valence-corrected chi connectivity index (χ0v) is 11.5. The van der Waals surface area contributed by atoms with Crippen LogP contribution in [-0.2, 0) is 19.5 Å². The van der Waals surface area contributed by atoms with Gasteiger partial charge in [-0.15, -0.1) is 11.3 Å². The zero-order valence-electron chi connectivity index (χ0n) is 10.7. The molecule has 4 nitrogen and oxygen atoms in total. The van der Waals surface area contributed by atoms with Crippen molar-refractivity contribution in [3.63, 3.8) is 0 Å². The topological polar surface area (TPSA) is 53.6 Å². The highest BCUT2D eigenvalue weighted by Crippen LogP contribution is 2.18. The van der Waals surface area contributed by atoms with Crippen LogP contribution in [0.5, 0.6) is 0 Å². The van der Waals surface area contributed by atoms with Gasteiger partial charge in [-0.05, 0) is 18.4 Å². The predicted octanol–water partition coefficient (Wildman–Crippen LogP) is 2.17. The molecule has 3 rings (SSSR count). The fourth-order valence-electron chi connectivity index (χ4n) is 2.54. The number of nitrogens with zero attached hydrogens (tertiary/aromatic N) is 3. The van der Waals surface area contributed by atoms with Crippen molar-refractivity contribution in [3.8, 4) is 6.07 Å². The lowest BCUT2D eigenvalue weighted by atomic mass is 9.99. The molecule has 98 valence electrons. The Morgan fingerprint density at radius 2 is 2.53 bits per heavy atom. The largest absolute Gasteiger partial charge is 0.335 e. The number of rotatable bonds is 4. The third kappa shape index (κ3) is 2.86. The molecule has 0 saturated heterocycles. The molecule has 0 radical (unpaired) electrons. The highest BCUT2D eigenvalue weighted by atomic mass is 32.1. The average Bonchev–Trinajstić information content (AvgIpc) is 3.06. The summed E-state index contributed by atoms with van der Waals surface area (Å²) in [6.45, 7) is 2.95. The van der Waals surface area contributed by atoms with Gasteiger partial charge in [0.05, 0.1) is 5.56 Å². The Kier molecular flexibility index (Phi) is 3.62. The Morgan fingerprint density at radius 1 is 1.58 bits per heavy atom. The van der Waals surface area contributed by atoms with Crippen LogP contribution in [-0.4, -0.2) is 16.1 Å². The van der Waals surface area contributed by atoms with Crippen molar-refractivity contribution in [3.05, 3.63) is 40.1 Å². The van der Waals surface area contributed by atoms with Crippen LogP contribution in [0.3, 0.4) is 0 Å². The van der Waals surface area contributed by atoms with Gasteiger partial charge in [-0.1, -0.05) is 0 Å². The minimum absolute atomic E-state index is 0.678. The second kappa shape index (κ2) is 5.55. The van der Waals surface area contributed by atoms with Crippen molar-refractivity contribution < 1.29 is 0 Å². The van der Waals surface area contributed by atoms with E-state index in [-0.39, 0.29) is 0 Å². The van der Waals surface area contributed by atoms with Crippen LogP contribution >= 0.6 is 11.3 Å². The second-order valence-electron chi connectivity index (χ2n) is 4.94. The monoisotopic (exact) mass is 272 g/mol. The molecule has 0 aliphatic carbocycles. The lowest BCUT2D eigenvalue weighted by Crippen LogP contribution is -2.29. The van der Waals surface area contributed by atoms with E-state index < -0.39 is 0 Å². The first-order valence-corrected chi connectivity index (χ1v) is 7.41. The summed E-state index contributed by atoms with van der Waals surface area (Å²) in [6.07, 6.45) is 6.25. The Bertz CT molecular complexity index is 593. The van der Waals surface area contributed by atoms with Gasteiger partial charge in [-0.3, -0.25) is 0 Å². The van der Waals surface area contributed by atoms with Crippen LogP contribution < -0.4 is 5.32 Å². The number of aromatic nitrogens is 2. The number of aryl methyl sites for hydroxylation is 1. The first-order valence-electron chi connectivity index (χ1n) is 6.53. The van der Waals surface area contributed by atoms with Crippen molar-refractivity contribution >= 4 is 11.3 Å². The smallest absolute Gasteiger partial charge is 0.108 e. The third-order valence-electron chi connectivity index (χ3n) is 3.55. The summed E-state index contributed by atoms with van der Waals surface area (Å²) < 4.78 is 2.26. The molecule has 19 heavy (non-hydrogen) atoms. The van der Waals surface area contributed by atoms with Crippen molar-refractivity contribution in [1.82, 2.24) is 14.9 Å². The van der Waals surface area contributed by atoms with Crippen LogP contribution in [0, 0.1) is 17.2 Å². The first kappa shape index (κ1) is 12.4. The van der Waals surface area contributed by atoms with Crippen LogP contribution in [0.15, 0.2) is 23.8 Å². The maximum atomic E-state index is 8.78. The van der Waals surface area contributed by atoms with Gasteiger partial charge in [0.2, 0.25) is 0 Å². The van der Waals surface area contributed by atoms with E-state index in [9.17, 15) is 0 Å². The van der Waals surface area contributed by atoms with Crippen LogP contribution in [0.2, 0.25) is 0 Å². The van der Waals surface area contributed by atoms with Gasteiger partial charge < -0.3 is 9.88 Å². The molecule has 0 amide bonds. The molecule has 3 heterocycles. The Morgan fingerprint density at radius 3 is 3.37 bits per heavy atom. The highest BCUT2D eigenvalue weighted by molar-refractivity contribution is 7.10. The molecular weight excluding hydrogens is 256 g/mol. The van der Waals surface area contributed by atoms with Gasteiger partial charge in [0.25, 0.3) is 0 Å². The van der Waals surface area contributed by atoms with Crippen molar-refractivity contribution in [2.45, 2.75) is 25.9 Å². The average molecular weight is 272 g/mol. The van der Waals surface area contributed by atoms with Crippen LogP contribution in [0.25, 0.3) is 0 Å². The Hall–Kier alpha value is -1.64. The zero-order chi connectivity index (χ0) is 13.1. The molecule has 2 aromatic rings. The fourth-order valence-corrected chi connectivity index (χ4v) is 3.31. The van der Waals surface area contributed by atoms with Gasteiger partial charge in [0, 0.05) is 48.7 Å². The van der Waals surface area contributed by atoms with Crippen molar-refractivity contribution in [2.24, 2.45) is 5.92 Å². The Labute approximate surface area is 116 Å². The van der Waals surface area contributed by atoms with Crippen LogP contribution in [0.4, 0.5) is 0 Å². The first-order chi connectivity index (χ1) is 9.35. The molecule has 1 N–H and O–H groups in total. The summed E-state index contributed by atoms with van der Waals surface area (Å²) in [6, 6.07) is 4.13. The molecule has 1 unspecified atom stereocenters. The summed E-state index contributed by atoms with van der Waals surface area (Å²) in [7, 11) is 0. The molecule has 2 aromatic heterocycles. The second-order valence-corrected chi connectivity index (χ2v) is 5.94. The summed E-state index contributed by atoms with van der Waals surface area (Å²) in [5, 5.41) is 14.2. The maximum absolute atomic E-state index is 8.78. The van der Waals surface area contributed by atoms with Gasteiger partial charge >= 0.3 is 0 Å². The number of thiophene rings is 1. The minimum atomic E-state index is 0.678. The summed E-state index contributed by atoms with van der Waals surface area (Å²) in [5.74, 6) is 1.89. The number of nitriles is 1. The summed E-state index contributed by atoms with van der Waals surface area (Å²) >= 11 is 1.65. The lowest BCUT2D eigenvalue weighted by molar-refractivity contribution is 0.348. The maximum Gasteiger partial charge on any atom is 0.108 e. The van der Waals surface area contributed by atoms with E-state index in [1.54, 1.807) is 11.3 Å².